The first kappa shape index (κ1) is 8.52. The van der Waals surface area contributed by atoms with Crippen molar-refractivity contribution in [1.29, 1.82) is 0 Å². The van der Waals surface area contributed by atoms with Crippen LogP contribution in [0.3, 0.4) is 0 Å². The van der Waals surface area contributed by atoms with Crippen molar-refractivity contribution in [2.45, 2.75) is 13.8 Å². The molecule has 1 heterocycles. The quantitative estimate of drug-likeness (QED) is 0.619. The van der Waals surface area contributed by atoms with Crippen molar-refractivity contribution in [3.63, 3.8) is 0 Å². The molecule has 12 heavy (non-hydrogen) atoms. The number of carbonyl (C=O) groups is 2. The summed E-state index contributed by atoms with van der Waals surface area (Å²) in [6, 6.07) is 0. The van der Waals surface area contributed by atoms with Gasteiger partial charge in [0.05, 0.1) is 11.7 Å². The molecule has 1 rings (SSSR count). The number of nitrogens with one attached hydrogen (secondary N) is 1. The third kappa shape index (κ3) is 1.11. The van der Waals surface area contributed by atoms with E-state index in [1.165, 1.54) is 0 Å². The van der Waals surface area contributed by atoms with E-state index in [1.54, 1.807) is 13.8 Å². The lowest BCUT2D eigenvalue weighted by Gasteiger charge is -1.98. The van der Waals surface area contributed by atoms with Gasteiger partial charge in [-0.3, -0.25) is 4.79 Å². The Hall–Kier alpha value is -1.58. The Morgan fingerprint density at radius 1 is 1.50 bits per heavy atom. The molecule has 1 aromatic heterocycles. The molecule has 0 spiro atoms. The third-order valence-electron chi connectivity index (χ3n) is 1.82. The van der Waals surface area contributed by atoms with Crippen LogP contribution in [0.15, 0.2) is 0 Å². The van der Waals surface area contributed by atoms with Gasteiger partial charge in [-0.1, -0.05) is 0 Å². The van der Waals surface area contributed by atoms with E-state index < -0.39 is 5.97 Å². The maximum Gasteiger partial charge on any atom is 0.152 e. The van der Waals surface area contributed by atoms with Crippen LogP contribution < -0.4 is 5.11 Å². The first-order valence-electron chi connectivity index (χ1n) is 3.43. The summed E-state index contributed by atoms with van der Waals surface area (Å²) in [4.78, 5) is 23.5. The van der Waals surface area contributed by atoms with E-state index in [0.717, 1.165) is 0 Å². The summed E-state index contributed by atoms with van der Waals surface area (Å²) in [5.41, 5.74) is 1.37. The minimum Gasteiger partial charge on any atom is -0.543 e. The van der Waals surface area contributed by atoms with E-state index >= 15 is 0 Å². The molecule has 0 unspecified atom stereocenters. The summed E-state index contributed by atoms with van der Waals surface area (Å²) in [6.45, 7) is 3.21. The molecular weight excluding hydrogens is 158 g/mol. The minimum atomic E-state index is -1.29. The number of aldehydes is 1. The average Bonchev–Trinajstić information content (AvgIpc) is 2.27. The van der Waals surface area contributed by atoms with Crippen LogP contribution >= 0.6 is 0 Å². The van der Waals surface area contributed by atoms with Gasteiger partial charge in [-0.25, -0.2) is 0 Å². The molecule has 1 aromatic rings. The molecule has 4 heteroatoms. The molecule has 0 bridgehead atoms. The van der Waals surface area contributed by atoms with Gasteiger partial charge < -0.3 is 14.9 Å². The topological polar surface area (TPSA) is 73.0 Å². The second-order valence-corrected chi connectivity index (χ2v) is 2.57. The monoisotopic (exact) mass is 166 g/mol. The second kappa shape index (κ2) is 2.81. The summed E-state index contributed by atoms with van der Waals surface area (Å²) in [5.74, 6) is -1.29. The van der Waals surface area contributed by atoms with E-state index in [-0.39, 0.29) is 5.69 Å². The van der Waals surface area contributed by atoms with Crippen LogP contribution in [0.5, 0.6) is 0 Å². The highest BCUT2D eigenvalue weighted by Gasteiger charge is 2.10. The molecule has 0 radical (unpaired) electrons. The zero-order valence-corrected chi connectivity index (χ0v) is 6.80. The number of aromatic amines is 1. The second-order valence-electron chi connectivity index (χ2n) is 2.57. The summed E-state index contributed by atoms with van der Waals surface area (Å²) in [6.07, 6.45) is 0.633. The van der Waals surface area contributed by atoms with E-state index in [9.17, 15) is 14.7 Å². The Kier molecular flexibility index (Phi) is 1.99. The Bertz CT molecular complexity index is 338. The SMILES string of the molecule is Cc1[nH]c(C(=O)[O-])c(C)c1C=O. The first-order chi connectivity index (χ1) is 5.57. The van der Waals surface area contributed by atoms with Crippen LogP contribution in [0.1, 0.15) is 32.1 Å². The summed E-state index contributed by atoms with van der Waals surface area (Å²) >= 11 is 0. The molecule has 0 saturated heterocycles. The molecule has 0 aliphatic rings. The molecule has 0 fully saturated rings. The highest BCUT2D eigenvalue weighted by atomic mass is 16.4. The maximum absolute atomic E-state index is 10.5. The highest BCUT2D eigenvalue weighted by Crippen LogP contribution is 2.14. The third-order valence-corrected chi connectivity index (χ3v) is 1.82. The number of H-pyrrole nitrogens is 1. The summed E-state index contributed by atoms with van der Waals surface area (Å²) in [5, 5.41) is 10.4. The molecule has 64 valence electrons. The van der Waals surface area contributed by atoms with Gasteiger partial charge in [-0.15, -0.1) is 0 Å². The van der Waals surface area contributed by atoms with Crippen molar-refractivity contribution < 1.29 is 14.7 Å². The number of aromatic nitrogens is 1. The number of carboxylic acid groups (broad SMARTS) is 1. The molecule has 0 aliphatic carbocycles. The van der Waals surface area contributed by atoms with Gasteiger partial charge in [0.15, 0.2) is 6.29 Å². The van der Waals surface area contributed by atoms with Crippen LogP contribution in [-0.2, 0) is 0 Å². The fourth-order valence-electron chi connectivity index (χ4n) is 1.15. The van der Waals surface area contributed by atoms with Crippen LogP contribution in [0, 0.1) is 13.8 Å². The van der Waals surface area contributed by atoms with Gasteiger partial charge in [0, 0.05) is 11.3 Å². The molecule has 1 N–H and O–H groups in total. The summed E-state index contributed by atoms with van der Waals surface area (Å²) in [7, 11) is 0. The molecule has 0 aliphatic heterocycles. The Morgan fingerprint density at radius 2 is 2.08 bits per heavy atom. The van der Waals surface area contributed by atoms with Gasteiger partial charge in [0.2, 0.25) is 0 Å². The maximum atomic E-state index is 10.5. The Balaban J connectivity index is 3.35. The Morgan fingerprint density at radius 3 is 2.33 bits per heavy atom. The fraction of sp³-hybridized carbons (Fsp3) is 0.250. The smallest absolute Gasteiger partial charge is 0.152 e. The van der Waals surface area contributed by atoms with Crippen LogP contribution in [0.2, 0.25) is 0 Å². The average molecular weight is 166 g/mol. The lowest BCUT2D eigenvalue weighted by Crippen LogP contribution is -2.23. The first-order valence-corrected chi connectivity index (χ1v) is 3.43. The molecular formula is C8H8NO3-. The lowest BCUT2D eigenvalue weighted by molar-refractivity contribution is -0.255. The van der Waals surface area contributed by atoms with Crippen LogP contribution in [0.4, 0.5) is 0 Å². The van der Waals surface area contributed by atoms with Gasteiger partial charge >= 0.3 is 0 Å². The number of rotatable bonds is 2. The van der Waals surface area contributed by atoms with E-state index in [4.69, 9.17) is 0 Å². The summed E-state index contributed by atoms with van der Waals surface area (Å²) < 4.78 is 0. The zero-order chi connectivity index (χ0) is 9.30. The van der Waals surface area contributed by atoms with Crippen molar-refractivity contribution in [2.24, 2.45) is 0 Å². The number of hydrogen-bond donors (Lipinski definition) is 1. The minimum absolute atomic E-state index is 0.0189. The normalized spacial score (nSPS) is 9.83. The van der Waals surface area contributed by atoms with Gasteiger partial charge in [-0.05, 0) is 19.4 Å². The molecule has 0 saturated carbocycles. The number of hydrogen-bond acceptors (Lipinski definition) is 3. The van der Waals surface area contributed by atoms with E-state index in [2.05, 4.69) is 4.98 Å². The number of aromatic carboxylic acids is 1. The molecule has 4 nitrogen and oxygen atoms in total. The highest BCUT2D eigenvalue weighted by molar-refractivity contribution is 5.91. The van der Waals surface area contributed by atoms with Crippen molar-refractivity contribution in [3.05, 3.63) is 22.5 Å². The number of aryl methyl sites for hydroxylation is 1. The predicted molar refractivity (Wildman–Crippen MR) is 40.0 cm³/mol. The van der Waals surface area contributed by atoms with E-state index in [1.807, 2.05) is 0 Å². The Labute approximate surface area is 69.2 Å². The van der Waals surface area contributed by atoms with Gasteiger partial charge in [0.25, 0.3) is 0 Å². The molecule has 0 amide bonds. The van der Waals surface area contributed by atoms with Crippen molar-refractivity contribution >= 4 is 12.3 Å². The zero-order valence-electron chi connectivity index (χ0n) is 6.80. The van der Waals surface area contributed by atoms with Gasteiger partial charge in [-0.2, -0.15) is 0 Å². The van der Waals surface area contributed by atoms with Gasteiger partial charge in [0.1, 0.15) is 0 Å². The largest absolute Gasteiger partial charge is 0.543 e. The van der Waals surface area contributed by atoms with Crippen LogP contribution in [-0.4, -0.2) is 17.2 Å². The molecule has 0 atom stereocenters. The van der Waals surface area contributed by atoms with Crippen LogP contribution in [0.25, 0.3) is 0 Å². The number of carboxylic acids is 1. The van der Waals surface area contributed by atoms with Crippen molar-refractivity contribution in [2.75, 3.05) is 0 Å². The standard InChI is InChI=1S/C8H9NO3/c1-4-6(3-10)5(2)9-7(4)8(11)12/h3,9H,1-2H3,(H,11,12)/p-1. The number of carbonyl (C=O) groups excluding carboxylic acids is 2. The fourth-order valence-corrected chi connectivity index (χ4v) is 1.15. The predicted octanol–water partition coefficient (Wildman–Crippen LogP) is -0.192. The van der Waals surface area contributed by atoms with E-state index in [0.29, 0.717) is 23.1 Å². The lowest BCUT2D eigenvalue weighted by atomic mass is 10.1. The molecule has 0 aromatic carbocycles. The van der Waals surface area contributed by atoms with Crippen molar-refractivity contribution in [1.82, 2.24) is 4.98 Å². The van der Waals surface area contributed by atoms with Crippen molar-refractivity contribution in [3.8, 4) is 0 Å².